The number of ether oxygens (including phenoxy) is 1. The lowest BCUT2D eigenvalue weighted by Gasteiger charge is -2.33. The van der Waals surface area contributed by atoms with Crippen molar-refractivity contribution < 1.29 is 9.13 Å². The molecular formula is C17H18FN3O. The summed E-state index contributed by atoms with van der Waals surface area (Å²) in [6, 6.07) is 10.2. The maximum absolute atomic E-state index is 13.0. The molecule has 1 saturated heterocycles. The first kappa shape index (κ1) is 13.6. The Morgan fingerprint density at radius 2 is 1.86 bits per heavy atom. The van der Waals surface area contributed by atoms with Gasteiger partial charge in [0.2, 0.25) is 0 Å². The van der Waals surface area contributed by atoms with Gasteiger partial charge in [-0.2, -0.15) is 0 Å². The maximum atomic E-state index is 13.0. The SMILES string of the molecule is Fc1ccc(-c2ccc(N3CCOC(C4CC4)C3)nn2)cc1. The highest BCUT2D eigenvalue weighted by Gasteiger charge is 2.35. The molecule has 2 aromatic rings. The Balaban J connectivity index is 1.50. The van der Waals surface area contributed by atoms with Crippen molar-refractivity contribution in [2.75, 3.05) is 24.6 Å². The molecule has 2 heterocycles. The number of benzene rings is 1. The van der Waals surface area contributed by atoms with Crippen LogP contribution in [0.5, 0.6) is 0 Å². The van der Waals surface area contributed by atoms with Crippen LogP contribution in [0.2, 0.25) is 0 Å². The second-order valence-corrected chi connectivity index (χ2v) is 5.98. The van der Waals surface area contributed by atoms with Gasteiger partial charge in [-0.1, -0.05) is 0 Å². The van der Waals surface area contributed by atoms with Crippen LogP contribution in [-0.2, 0) is 4.74 Å². The second-order valence-electron chi connectivity index (χ2n) is 5.98. The standard InChI is InChI=1S/C17H18FN3O/c18-14-5-3-12(4-6-14)15-7-8-17(20-19-15)21-9-10-22-16(11-21)13-1-2-13/h3-8,13,16H,1-2,9-11H2. The molecular weight excluding hydrogens is 281 g/mol. The van der Waals surface area contributed by atoms with Crippen LogP contribution < -0.4 is 4.90 Å². The van der Waals surface area contributed by atoms with Gasteiger partial charge >= 0.3 is 0 Å². The van der Waals surface area contributed by atoms with Crippen LogP contribution in [0.15, 0.2) is 36.4 Å². The Morgan fingerprint density at radius 1 is 1.05 bits per heavy atom. The molecule has 22 heavy (non-hydrogen) atoms. The molecule has 1 atom stereocenters. The molecule has 114 valence electrons. The highest BCUT2D eigenvalue weighted by molar-refractivity contribution is 5.59. The van der Waals surface area contributed by atoms with E-state index in [1.165, 1.54) is 25.0 Å². The van der Waals surface area contributed by atoms with Gasteiger partial charge in [-0.3, -0.25) is 0 Å². The minimum Gasteiger partial charge on any atom is -0.374 e. The summed E-state index contributed by atoms with van der Waals surface area (Å²) in [4.78, 5) is 2.24. The van der Waals surface area contributed by atoms with E-state index in [-0.39, 0.29) is 5.82 Å². The van der Waals surface area contributed by atoms with Gasteiger partial charge in [-0.15, -0.1) is 10.2 Å². The van der Waals surface area contributed by atoms with Gasteiger partial charge in [0.05, 0.1) is 18.4 Å². The molecule has 1 aromatic heterocycles. The fourth-order valence-corrected chi connectivity index (χ4v) is 2.91. The first-order valence-electron chi connectivity index (χ1n) is 7.76. The van der Waals surface area contributed by atoms with Crippen molar-refractivity contribution in [3.05, 3.63) is 42.2 Å². The predicted molar refractivity (Wildman–Crippen MR) is 82.1 cm³/mol. The monoisotopic (exact) mass is 299 g/mol. The number of morpholine rings is 1. The van der Waals surface area contributed by atoms with E-state index >= 15 is 0 Å². The Labute approximate surface area is 128 Å². The number of anilines is 1. The fraction of sp³-hybridized carbons (Fsp3) is 0.412. The molecule has 0 radical (unpaired) electrons. The zero-order valence-electron chi connectivity index (χ0n) is 12.3. The summed E-state index contributed by atoms with van der Waals surface area (Å²) < 4.78 is 18.8. The summed E-state index contributed by atoms with van der Waals surface area (Å²) in [5, 5.41) is 8.63. The maximum Gasteiger partial charge on any atom is 0.151 e. The van der Waals surface area contributed by atoms with Crippen molar-refractivity contribution in [2.45, 2.75) is 18.9 Å². The van der Waals surface area contributed by atoms with Crippen LogP contribution in [0.1, 0.15) is 12.8 Å². The van der Waals surface area contributed by atoms with Crippen molar-refractivity contribution in [1.82, 2.24) is 10.2 Å². The van der Waals surface area contributed by atoms with Gasteiger partial charge in [0.25, 0.3) is 0 Å². The molecule has 1 aromatic carbocycles. The quantitative estimate of drug-likeness (QED) is 0.873. The van der Waals surface area contributed by atoms with Crippen LogP contribution in [0.25, 0.3) is 11.3 Å². The Kier molecular flexibility index (Phi) is 3.50. The molecule has 0 bridgehead atoms. The lowest BCUT2D eigenvalue weighted by atomic mass is 10.1. The minimum atomic E-state index is -0.243. The van der Waals surface area contributed by atoms with Crippen molar-refractivity contribution in [3.8, 4) is 11.3 Å². The van der Waals surface area contributed by atoms with Gasteiger partial charge < -0.3 is 9.64 Å². The van der Waals surface area contributed by atoms with Crippen molar-refractivity contribution in [3.63, 3.8) is 0 Å². The van der Waals surface area contributed by atoms with E-state index in [4.69, 9.17) is 4.74 Å². The first-order chi connectivity index (χ1) is 10.8. The number of halogens is 1. The van der Waals surface area contributed by atoms with E-state index in [1.54, 1.807) is 12.1 Å². The summed E-state index contributed by atoms with van der Waals surface area (Å²) in [5.41, 5.74) is 1.63. The van der Waals surface area contributed by atoms with Crippen LogP contribution in [0.3, 0.4) is 0 Å². The molecule has 1 unspecified atom stereocenters. The van der Waals surface area contributed by atoms with Crippen LogP contribution in [-0.4, -0.2) is 36.0 Å². The van der Waals surface area contributed by atoms with E-state index in [0.717, 1.165) is 42.7 Å². The molecule has 4 nitrogen and oxygen atoms in total. The Bertz CT molecular complexity index is 640. The second kappa shape index (κ2) is 5.65. The topological polar surface area (TPSA) is 38.2 Å². The van der Waals surface area contributed by atoms with E-state index in [1.807, 2.05) is 12.1 Å². The van der Waals surface area contributed by atoms with Gasteiger partial charge in [0, 0.05) is 18.7 Å². The zero-order chi connectivity index (χ0) is 14.9. The third kappa shape index (κ3) is 2.81. The van der Waals surface area contributed by atoms with Crippen LogP contribution >= 0.6 is 0 Å². The summed E-state index contributed by atoms with van der Waals surface area (Å²) >= 11 is 0. The lowest BCUT2D eigenvalue weighted by Crippen LogP contribution is -2.43. The van der Waals surface area contributed by atoms with E-state index in [0.29, 0.717) is 6.10 Å². The molecule has 0 amide bonds. The van der Waals surface area contributed by atoms with Crippen molar-refractivity contribution in [2.24, 2.45) is 5.92 Å². The number of rotatable bonds is 3. The molecule has 5 heteroatoms. The number of aromatic nitrogens is 2. The number of hydrogen-bond acceptors (Lipinski definition) is 4. The minimum absolute atomic E-state index is 0.243. The third-order valence-electron chi connectivity index (χ3n) is 4.36. The average molecular weight is 299 g/mol. The van der Waals surface area contributed by atoms with E-state index < -0.39 is 0 Å². The summed E-state index contributed by atoms with van der Waals surface area (Å²) in [6.07, 6.45) is 2.91. The summed E-state index contributed by atoms with van der Waals surface area (Å²) in [7, 11) is 0. The zero-order valence-corrected chi connectivity index (χ0v) is 12.3. The van der Waals surface area contributed by atoms with Gasteiger partial charge in [0.15, 0.2) is 5.82 Å². The molecule has 2 fully saturated rings. The fourth-order valence-electron chi connectivity index (χ4n) is 2.91. The molecule has 1 saturated carbocycles. The summed E-state index contributed by atoms with van der Waals surface area (Å²) in [6.45, 7) is 2.51. The van der Waals surface area contributed by atoms with Gasteiger partial charge in [-0.25, -0.2) is 4.39 Å². The predicted octanol–water partition coefficient (Wildman–Crippen LogP) is 2.90. The van der Waals surface area contributed by atoms with Crippen LogP contribution in [0, 0.1) is 11.7 Å². The Morgan fingerprint density at radius 3 is 2.55 bits per heavy atom. The molecule has 2 aliphatic rings. The number of hydrogen-bond donors (Lipinski definition) is 0. The van der Waals surface area contributed by atoms with E-state index in [9.17, 15) is 4.39 Å². The van der Waals surface area contributed by atoms with Crippen molar-refractivity contribution in [1.29, 1.82) is 0 Å². The smallest absolute Gasteiger partial charge is 0.151 e. The molecule has 0 N–H and O–H groups in total. The normalized spacial score (nSPS) is 21.9. The molecule has 1 aliphatic heterocycles. The lowest BCUT2D eigenvalue weighted by molar-refractivity contribution is 0.0261. The highest BCUT2D eigenvalue weighted by atomic mass is 19.1. The average Bonchev–Trinajstić information content (AvgIpc) is 3.41. The highest BCUT2D eigenvalue weighted by Crippen LogP contribution is 2.36. The molecule has 0 spiro atoms. The molecule has 4 rings (SSSR count). The third-order valence-corrected chi connectivity index (χ3v) is 4.36. The summed E-state index contributed by atoms with van der Waals surface area (Å²) in [5.74, 6) is 1.38. The van der Waals surface area contributed by atoms with E-state index in [2.05, 4.69) is 15.1 Å². The largest absolute Gasteiger partial charge is 0.374 e. The van der Waals surface area contributed by atoms with Crippen LogP contribution in [0.4, 0.5) is 10.2 Å². The van der Waals surface area contributed by atoms with Gasteiger partial charge in [0.1, 0.15) is 5.82 Å². The Hall–Kier alpha value is -2.01. The number of nitrogens with zero attached hydrogens (tertiary/aromatic N) is 3. The molecule has 1 aliphatic carbocycles. The van der Waals surface area contributed by atoms with Gasteiger partial charge in [-0.05, 0) is 55.2 Å². The van der Waals surface area contributed by atoms with Crippen molar-refractivity contribution >= 4 is 5.82 Å². The first-order valence-corrected chi connectivity index (χ1v) is 7.76.